The van der Waals surface area contributed by atoms with E-state index in [9.17, 15) is 8.42 Å². The summed E-state index contributed by atoms with van der Waals surface area (Å²) in [5, 5.41) is 3.98. The fourth-order valence-electron chi connectivity index (χ4n) is 3.43. The summed E-state index contributed by atoms with van der Waals surface area (Å²) < 4.78 is 38.2. The van der Waals surface area contributed by atoms with E-state index < -0.39 is 10.0 Å². The zero-order valence-electron chi connectivity index (χ0n) is 17.1. The molecule has 0 amide bonds. The third kappa shape index (κ3) is 4.55. The first-order valence-electron chi connectivity index (χ1n) is 10.0. The molecule has 158 valence electrons. The van der Waals surface area contributed by atoms with E-state index in [2.05, 4.69) is 17.1 Å². The van der Waals surface area contributed by atoms with Gasteiger partial charge in [-0.2, -0.15) is 9.29 Å². The molecule has 30 heavy (non-hydrogen) atoms. The van der Waals surface area contributed by atoms with Gasteiger partial charge in [-0.1, -0.05) is 24.2 Å². The van der Waals surface area contributed by atoms with Crippen molar-refractivity contribution in [2.75, 3.05) is 13.1 Å². The predicted molar refractivity (Wildman–Crippen MR) is 112 cm³/mol. The maximum absolute atomic E-state index is 12.8. The fraction of sp³-hybridized carbons (Fsp3) is 0.364. The van der Waals surface area contributed by atoms with Crippen LogP contribution in [0.5, 0.6) is 5.75 Å². The molecule has 0 N–H and O–H groups in total. The third-order valence-corrected chi connectivity index (χ3v) is 7.23. The summed E-state index contributed by atoms with van der Waals surface area (Å²) in [6.45, 7) is 5.45. The molecule has 7 nitrogen and oxygen atoms in total. The molecular formula is C22H25N3O4S. The van der Waals surface area contributed by atoms with Gasteiger partial charge in [-0.05, 0) is 67.6 Å². The molecule has 3 aromatic rings. The Bertz CT molecular complexity index is 1100. The number of benzene rings is 2. The van der Waals surface area contributed by atoms with E-state index in [1.54, 1.807) is 28.6 Å². The summed E-state index contributed by atoms with van der Waals surface area (Å²) in [5.41, 5.74) is 1.79. The zero-order valence-corrected chi connectivity index (χ0v) is 17.9. The molecule has 4 rings (SSSR count). The second-order valence-electron chi connectivity index (χ2n) is 7.73. The van der Waals surface area contributed by atoms with Crippen molar-refractivity contribution in [1.29, 1.82) is 0 Å². The zero-order chi connectivity index (χ0) is 21.1. The molecule has 0 unspecified atom stereocenters. The number of ether oxygens (including phenoxy) is 1. The lowest BCUT2D eigenvalue weighted by Crippen LogP contribution is -2.37. The number of piperidine rings is 1. The summed E-state index contributed by atoms with van der Waals surface area (Å²) in [4.78, 5) is 4.63. The Morgan fingerprint density at radius 3 is 2.57 bits per heavy atom. The predicted octanol–water partition coefficient (Wildman–Crippen LogP) is 4.04. The Morgan fingerprint density at radius 1 is 1.13 bits per heavy atom. The maximum Gasteiger partial charge on any atom is 0.264 e. The van der Waals surface area contributed by atoms with E-state index in [-0.39, 0.29) is 11.5 Å². The average Bonchev–Trinajstić information content (AvgIpc) is 3.22. The van der Waals surface area contributed by atoms with Gasteiger partial charge in [0.05, 0.1) is 4.90 Å². The van der Waals surface area contributed by atoms with E-state index in [0.717, 1.165) is 24.2 Å². The van der Waals surface area contributed by atoms with Crippen LogP contribution in [0.1, 0.15) is 31.2 Å². The fourth-order valence-corrected chi connectivity index (χ4v) is 4.90. The smallest absolute Gasteiger partial charge is 0.264 e. The van der Waals surface area contributed by atoms with Gasteiger partial charge >= 0.3 is 0 Å². The molecule has 0 radical (unpaired) electrons. The van der Waals surface area contributed by atoms with Crippen LogP contribution in [0.2, 0.25) is 0 Å². The van der Waals surface area contributed by atoms with Crippen LogP contribution >= 0.6 is 0 Å². The first-order chi connectivity index (χ1) is 14.4. The highest BCUT2D eigenvalue weighted by Gasteiger charge is 2.28. The lowest BCUT2D eigenvalue weighted by Gasteiger charge is -2.29. The molecule has 0 saturated carbocycles. The van der Waals surface area contributed by atoms with Gasteiger partial charge in [0, 0.05) is 18.7 Å². The van der Waals surface area contributed by atoms with Gasteiger partial charge in [-0.25, -0.2) is 8.42 Å². The van der Waals surface area contributed by atoms with E-state index in [0.29, 0.717) is 36.3 Å². The monoisotopic (exact) mass is 427 g/mol. The normalized spacial score (nSPS) is 15.9. The van der Waals surface area contributed by atoms with Gasteiger partial charge in [-0.15, -0.1) is 0 Å². The Morgan fingerprint density at radius 2 is 1.87 bits per heavy atom. The van der Waals surface area contributed by atoms with Gasteiger partial charge in [0.15, 0.2) is 6.61 Å². The van der Waals surface area contributed by atoms with Crippen LogP contribution in [0.15, 0.2) is 57.9 Å². The summed E-state index contributed by atoms with van der Waals surface area (Å²) in [7, 11) is -3.47. The molecule has 1 aliphatic heterocycles. The number of sulfonamides is 1. The molecule has 2 aromatic carbocycles. The number of rotatable bonds is 6. The Balaban J connectivity index is 1.43. The largest absolute Gasteiger partial charge is 0.484 e. The molecule has 1 fully saturated rings. The average molecular weight is 428 g/mol. The second kappa shape index (κ2) is 8.57. The first kappa shape index (κ1) is 20.6. The standard InChI is InChI=1S/C22H25N3O4S/c1-16-10-12-25(13-11-16)30(26,27)20-8-6-18(7-9-20)22-23-21(29-24-22)15-28-19-5-3-4-17(2)14-19/h3-9,14,16H,10-13,15H2,1-2H3. The van der Waals surface area contributed by atoms with E-state index in [4.69, 9.17) is 9.26 Å². The molecule has 0 bridgehead atoms. The minimum absolute atomic E-state index is 0.163. The van der Waals surface area contributed by atoms with Gasteiger partial charge in [0.2, 0.25) is 15.8 Å². The quantitative estimate of drug-likeness (QED) is 0.590. The van der Waals surface area contributed by atoms with Crippen molar-refractivity contribution >= 4 is 10.0 Å². The van der Waals surface area contributed by atoms with Crippen LogP contribution in [0.3, 0.4) is 0 Å². The van der Waals surface area contributed by atoms with Crippen LogP contribution in [0, 0.1) is 12.8 Å². The molecule has 0 spiro atoms. The molecule has 2 heterocycles. The van der Waals surface area contributed by atoms with Crippen molar-refractivity contribution in [3.8, 4) is 17.1 Å². The molecular weight excluding hydrogens is 402 g/mol. The van der Waals surface area contributed by atoms with Gasteiger partial charge in [0.25, 0.3) is 5.89 Å². The highest BCUT2D eigenvalue weighted by Crippen LogP contribution is 2.25. The number of nitrogens with zero attached hydrogens (tertiary/aromatic N) is 3. The van der Waals surface area contributed by atoms with Crippen LogP contribution in [0.4, 0.5) is 0 Å². The lowest BCUT2D eigenvalue weighted by atomic mass is 10.0. The number of aryl methyl sites for hydroxylation is 1. The minimum Gasteiger partial charge on any atom is -0.484 e. The highest BCUT2D eigenvalue weighted by molar-refractivity contribution is 7.89. The summed E-state index contributed by atoms with van der Waals surface area (Å²) in [6, 6.07) is 14.3. The van der Waals surface area contributed by atoms with E-state index in [1.165, 1.54) is 0 Å². The number of aromatic nitrogens is 2. The van der Waals surface area contributed by atoms with Crippen molar-refractivity contribution in [1.82, 2.24) is 14.4 Å². The van der Waals surface area contributed by atoms with E-state index in [1.807, 2.05) is 31.2 Å². The Kier molecular flexibility index (Phi) is 5.87. The van der Waals surface area contributed by atoms with Crippen LogP contribution in [0.25, 0.3) is 11.4 Å². The Hall–Kier alpha value is -2.71. The SMILES string of the molecule is Cc1cccc(OCc2nc(-c3ccc(S(=O)(=O)N4CCC(C)CC4)cc3)no2)c1. The van der Waals surface area contributed by atoms with Gasteiger partial charge in [0.1, 0.15) is 5.75 Å². The number of hydrogen-bond donors (Lipinski definition) is 0. The topological polar surface area (TPSA) is 85.5 Å². The molecule has 1 saturated heterocycles. The number of hydrogen-bond acceptors (Lipinski definition) is 6. The molecule has 0 aliphatic carbocycles. The highest BCUT2D eigenvalue weighted by atomic mass is 32.2. The third-order valence-electron chi connectivity index (χ3n) is 5.31. The molecule has 1 aromatic heterocycles. The van der Waals surface area contributed by atoms with Crippen LogP contribution in [-0.2, 0) is 16.6 Å². The van der Waals surface area contributed by atoms with E-state index >= 15 is 0 Å². The van der Waals surface area contributed by atoms with Crippen molar-refractivity contribution in [3.05, 3.63) is 60.0 Å². The van der Waals surface area contributed by atoms with Crippen molar-refractivity contribution < 1.29 is 17.7 Å². The molecule has 0 atom stereocenters. The van der Waals surface area contributed by atoms with Gasteiger partial charge < -0.3 is 9.26 Å². The molecule has 1 aliphatic rings. The molecule has 8 heteroatoms. The van der Waals surface area contributed by atoms with Crippen molar-refractivity contribution in [3.63, 3.8) is 0 Å². The summed E-state index contributed by atoms with van der Waals surface area (Å²) >= 11 is 0. The Labute approximate surface area is 176 Å². The maximum atomic E-state index is 12.8. The van der Waals surface area contributed by atoms with Crippen LogP contribution in [-0.4, -0.2) is 36.0 Å². The first-order valence-corrected chi connectivity index (χ1v) is 11.5. The second-order valence-corrected chi connectivity index (χ2v) is 9.67. The van der Waals surface area contributed by atoms with Gasteiger partial charge in [-0.3, -0.25) is 0 Å². The lowest BCUT2D eigenvalue weighted by molar-refractivity contribution is 0.243. The van der Waals surface area contributed by atoms with Crippen molar-refractivity contribution in [2.45, 2.75) is 38.2 Å². The minimum atomic E-state index is -3.47. The van der Waals surface area contributed by atoms with Crippen molar-refractivity contribution in [2.24, 2.45) is 5.92 Å². The van der Waals surface area contributed by atoms with Crippen LogP contribution < -0.4 is 4.74 Å². The summed E-state index contributed by atoms with van der Waals surface area (Å²) in [6.07, 6.45) is 1.79. The summed E-state index contributed by atoms with van der Waals surface area (Å²) in [5.74, 6) is 2.05.